The summed E-state index contributed by atoms with van der Waals surface area (Å²) in [5.41, 5.74) is 0.953. The Morgan fingerprint density at radius 2 is 2.18 bits per heavy atom. The van der Waals surface area contributed by atoms with Gasteiger partial charge in [-0.3, -0.25) is 0 Å². The molecule has 0 saturated heterocycles. The van der Waals surface area contributed by atoms with Gasteiger partial charge in [0.1, 0.15) is 10.9 Å². The van der Waals surface area contributed by atoms with E-state index in [1.807, 2.05) is 6.92 Å². The Hall–Kier alpha value is -0.880. The van der Waals surface area contributed by atoms with Crippen molar-refractivity contribution in [1.29, 1.82) is 5.26 Å². The first-order valence-electron chi connectivity index (χ1n) is 3.70. The first-order chi connectivity index (χ1) is 5.31. The predicted molar refractivity (Wildman–Crippen MR) is 45.6 cm³/mol. The molecule has 0 unspecified atom stereocenters. The molecule has 11 heavy (non-hydrogen) atoms. The van der Waals surface area contributed by atoms with Crippen LogP contribution in [0.1, 0.15) is 29.4 Å². The third-order valence-corrected chi connectivity index (χ3v) is 2.63. The van der Waals surface area contributed by atoms with E-state index in [4.69, 9.17) is 5.26 Å². The second-order valence-corrected chi connectivity index (χ2v) is 3.29. The quantitative estimate of drug-likeness (QED) is 0.675. The van der Waals surface area contributed by atoms with Crippen LogP contribution in [0.2, 0.25) is 0 Å². The van der Waals surface area contributed by atoms with Gasteiger partial charge in [0.25, 0.3) is 0 Å². The molecule has 0 fully saturated rings. The Balaban J connectivity index is 3.05. The molecule has 1 heterocycles. The van der Waals surface area contributed by atoms with E-state index in [2.05, 4.69) is 18.0 Å². The Labute approximate surface area is 70.5 Å². The van der Waals surface area contributed by atoms with Crippen LogP contribution in [0.5, 0.6) is 0 Å². The zero-order valence-corrected chi connectivity index (χ0v) is 7.53. The van der Waals surface area contributed by atoms with Crippen LogP contribution >= 0.6 is 11.3 Å². The molecule has 0 amide bonds. The third-order valence-electron chi connectivity index (χ3n) is 1.48. The van der Waals surface area contributed by atoms with Crippen molar-refractivity contribution in [3.8, 4) is 6.07 Å². The van der Waals surface area contributed by atoms with E-state index in [0.29, 0.717) is 0 Å². The molecule has 1 rings (SSSR count). The van der Waals surface area contributed by atoms with Gasteiger partial charge in [0.05, 0.1) is 10.7 Å². The molecule has 0 N–H and O–H groups in total. The number of hydrogen-bond acceptors (Lipinski definition) is 3. The molecule has 3 heteroatoms. The Kier molecular flexibility index (Phi) is 2.61. The summed E-state index contributed by atoms with van der Waals surface area (Å²) >= 11 is 1.51. The summed E-state index contributed by atoms with van der Waals surface area (Å²) in [4.78, 5) is 5.10. The van der Waals surface area contributed by atoms with Gasteiger partial charge in [0.15, 0.2) is 0 Å². The van der Waals surface area contributed by atoms with Crippen LogP contribution in [0.4, 0.5) is 0 Å². The minimum Gasteiger partial charge on any atom is -0.245 e. The maximum Gasteiger partial charge on any atom is 0.128 e. The summed E-state index contributed by atoms with van der Waals surface area (Å²) in [5.74, 6) is 0. The molecule has 2 nitrogen and oxygen atoms in total. The fourth-order valence-corrected chi connectivity index (χ4v) is 1.77. The zero-order chi connectivity index (χ0) is 8.27. The number of aryl methyl sites for hydroxylation is 2. The average molecular weight is 166 g/mol. The number of nitriles is 1. The first kappa shape index (κ1) is 8.22. The molecule has 0 saturated carbocycles. The Morgan fingerprint density at radius 3 is 2.55 bits per heavy atom. The lowest BCUT2D eigenvalue weighted by atomic mass is 10.3. The van der Waals surface area contributed by atoms with Crippen molar-refractivity contribution >= 4 is 11.3 Å². The summed E-state index contributed by atoms with van der Waals surface area (Å²) < 4.78 is 0. The fourth-order valence-electron chi connectivity index (χ4n) is 0.879. The molecule has 58 valence electrons. The van der Waals surface area contributed by atoms with Crippen molar-refractivity contribution < 1.29 is 0 Å². The molecule has 0 spiro atoms. The van der Waals surface area contributed by atoms with Crippen LogP contribution in [0.25, 0.3) is 0 Å². The van der Waals surface area contributed by atoms with Gasteiger partial charge >= 0.3 is 0 Å². The van der Waals surface area contributed by atoms with Crippen LogP contribution in [0.3, 0.4) is 0 Å². The highest BCUT2D eigenvalue weighted by molar-refractivity contribution is 7.12. The summed E-state index contributed by atoms with van der Waals surface area (Å²) in [6, 6.07) is 2.16. The van der Waals surface area contributed by atoms with Crippen molar-refractivity contribution in [1.82, 2.24) is 4.98 Å². The van der Waals surface area contributed by atoms with Gasteiger partial charge in [-0.15, -0.1) is 11.3 Å². The standard InChI is InChI=1S/C8H10N2S/c1-3-6-7(5-9)11-8(4-2)10-6/h3-4H2,1-2H3. The predicted octanol–water partition coefficient (Wildman–Crippen LogP) is 2.14. The van der Waals surface area contributed by atoms with Gasteiger partial charge in [-0.25, -0.2) is 4.98 Å². The van der Waals surface area contributed by atoms with Crippen molar-refractivity contribution in [2.75, 3.05) is 0 Å². The van der Waals surface area contributed by atoms with E-state index in [9.17, 15) is 0 Å². The molecule has 0 aliphatic heterocycles. The lowest BCUT2D eigenvalue weighted by Crippen LogP contribution is -1.83. The van der Waals surface area contributed by atoms with Gasteiger partial charge in [0, 0.05) is 0 Å². The second kappa shape index (κ2) is 3.49. The topological polar surface area (TPSA) is 36.7 Å². The third kappa shape index (κ3) is 1.58. The maximum absolute atomic E-state index is 8.68. The second-order valence-electron chi connectivity index (χ2n) is 2.20. The van der Waals surface area contributed by atoms with Crippen LogP contribution in [-0.4, -0.2) is 4.98 Å². The highest BCUT2D eigenvalue weighted by Gasteiger charge is 2.06. The number of nitrogens with zero attached hydrogens (tertiary/aromatic N) is 2. The van der Waals surface area contributed by atoms with E-state index in [-0.39, 0.29) is 0 Å². The molecule has 1 aromatic rings. The largest absolute Gasteiger partial charge is 0.245 e. The minimum absolute atomic E-state index is 0.782. The Morgan fingerprint density at radius 1 is 1.45 bits per heavy atom. The van der Waals surface area contributed by atoms with Crippen molar-refractivity contribution in [3.63, 3.8) is 0 Å². The van der Waals surface area contributed by atoms with E-state index >= 15 is 0 Å². The summed E-state index contributed by atoms with van der Waals surface area (Å²) in [7, 11) is 0. The highest BCUT2D eigenvalue weighted by Crippen LogP contribution is 2.18. The minimum atomic E-state index is 0.782. The summed E-state index contributed by atoms with van der Waals surface area (Å²) in [6.07, 6.45) is 1.79. The zero-order valence-electron chi connectivity index (χ0n) is 6.72. The molecule has 0 atom stereocenters. The number of rotatable bonds is 2. The fraction of sp³-hybridized carbons (Fsp3) is 0.500. The number of thiazole rings is 1. The van der Waals surface area contributed by atoms with Gasteiger partial charge in [-0.2, -0.15) is 5.26 Å². The van der Waals surface area contributed by atoms with Crippen LogP contribution in [0.15, 0.2) is 0 Å². The Bertz CT molecular complexity index is 283. The highest BCUT2D eigenvalue weighted by atomic mass is 32.1. The molecular weight excluding hydrogens is 156 g/mol. The maximum atomic E-state index is 8.68. The number of aromatic nitrogens is 1. The molecule has 0 aliphatic carbocycles. The molecule has 1 aromatic heterocycles. The lowest BCUT2D eigenvalue weighted by Gasteiger charge is -1.84. The van der Waals surface area contributed by atoms with Crippen molar-refractivity contribution in [2.24, 2.45) is 0 Å². The van der Waals surface area contributed by atoms with Crippen LogP contribution < -0.4 is 0 Å². The van der Waals surface area contributed by atoms with Crippen molar-refractivity contribution in [3.05, 3.63) is 15.6 Å². The first-order valence-corrected chi connectivity index (χ1v) is 4.52. The van der Waals surface area contributed by atoms with E-state index in [1.165, 1.54) is 11.3 Å². The lowest BCUT2D eigenvalue weighted by molar-refractivity contribution is 0.999. The average Bonchev–Trinajstić information content (AvgIpc) is 2.46. The molecular formula is C8H10N2S. The smallest absolute Gasteiger partial charge is 0.128 e. The van der Waals surface area contributed by atoms with Crippen LogP contribution in [-0.2, 0) is 12.8 Å². The van der Waals surface area contributed by atoms with Gasteiger partial charge in [0.2, 0.25) is 0 Å². The van der Waals surface area contributed by atoms with Crippen LogP contribution in [0, 0.1) is 11.3 Å². The molecule has 0 aromatic carbocycles. The van der Waals surface area contributed by atoms with Gasteiger partial charge in [-0.1, -0.05) is 13.8 Å². The van der Waals surface area contributed by atoms with Gasteiger partial charge in [-0.05, 0) is 12.8 Å². The van der Waals surface area contributed by atoms with Crippen molar-refractivity contribution in [2.45, 2.75) is 26.7 Å². The normalized spacial score (nSPS) is 9.55. The van der Waals surface area contributed by atoms with E-state index in [0.717, 1.165) is 28.4 Å². The van der Waals surface area contributed by atoms with Gasteiger partial charge < -0.3 is 0 Å². The van der Waals surface area contributed by atoms with E-state index in [1.54, 1.807) is 0 Å². The molecule has 0 radical (unpaired) electrons. The monoisotopic (exact) mass is 166 g/mol. The number of hydrogen-bond donors (Lipinski definition) is 0. The van der Waals surface area contributed by atoms with E-state index < -0.39 is 0 Å². The summed E-state index contributed by atoms with van der Waals surface area (Å²) in [5, 5.41) is 9.75. The molecule has 0 bridgehead atoms. The molecule has 0 aliphatic rings. The SMILES string of the molecule is CCc1nc(CC)c(C#N)s1. The summed E-state index contributed by atoms with van der Waals surface area (Å²) in [6.45, 7) is 4.08.